The second-order valence-electron chi connectivity index (χ2n) is 4.43. The van der Waals surface area contributed by atoms with Gasteiger partial charge in [-0.2, -0.15) is 0 Å². The second kappa shape index (κ2) is 6.29. The molecule has 1 aliphatic rings. The van der Waals surface area contributed by atoms with E-state index in [4.69, 9.17) is 11.6 Å². The highest BCUT2D eigenvalue weighted by Gasteiger charge is 2.26. The van der Waals surface area contributed by atoms with Crippen molar-refractivity contribution in [3.63, 3.8) is 0 Å². The fraction of sp³-hybridized carbons (Fsp3) is 0.0588. The molecule has 3 rings (SSSR count). The summed E-state index contributed by atoms with van der Waals surface area (Å²) in [7, 11) is 0. The minimum atomic E-state index is 0.229. The number of hydrogen-bond acceptors (Lipinski definition) is 3. The van der Waals surface area contributed by atoms with Gasteiger partial charge in [0.05, 0.1) is 16.3 Å². The third-order valence-electron chi connectivity index (χ3n) is 3.21. The van der Waals surface area contributed by atoms with Gasteiger partial charge in [-0.05, 0) is 12.8 Å². The summed E-state index contributed by atoms with van der Waals surface area (Å²) in [5.41, 5.74) is 3.89. The molecule has 2 aromatic rings. The molecule has 0 aliphatic carbocycles. The number of allylic oxidation sites excluding steroid dienone is 1. The minimum Gasteiger partial charge on any atom is -0.267 e. The van der Waals surface area contributed by atoms with Crippen molar-refractivity contribution in [2.75, 3.05) is 6.00 Å². The van der Waals surface area contributed by atoms with E-state index in [1.165, 1.54) is 4.90 Å². The van der Waals surface area contributed by atoms with Crippen LogP contribution >= 0.6 is 23.4 Å². The monoisotopic (exact) mass is 312 g/mol. The van der Waals surface area contributed by atoms with Crippen LogP contribution in [-0.4, -0.2) is 18.4 Å². The number of nitrogens with zero attached hydrogens (tertiary/aromatic N) is 2. The maximum absolute atomic E-state index is 5.84. The van der Waals surface area contributed by atoms with Gasteiger partial charge in [0.15, 0.2) is 0 Å². The molecule has 0 amide bonds. The number of halogens is 1. The normalized spacial score (nSPS) is 17.7. The Labute approximate surface area is 133 Å². The molecule has 0 spiro atoms. The summed E-state index contributed by atoms with van der Waals surface area (Å²) in [4.78, 5) is 10.9. The first-order chi connectivity index (χ1) is 10.3. The number of benzene rings is 2. The highest BCUT2D eigenvalue weighted by atomic mass is 35.5. The van der Waals surface area contributed by atoms with E-state index >= 15 is 0 Å². The van der Waals surface area contributed by atoms with E-state index in [9.17, 15) is 0 Å². The maximum atomic E-state index is 5.84. The van der Waals surface area contributed by atoms with Crippen molar-refractivity contribution in [2.24, 2.45) is 9.98 Å². The van der Waals surface area contributed by atoms with Crippen LogP contribution in [0.5, 0.6) is 0 Å². The van der Waals surface area contributed by atoms with E-state index in [0.717, 1.165) is 27.4 Å². The molecule has 0 fully saturated rings. The van der Waals surface area contributed by atoms with Gasteiger partial charge in [-0.3, -0.25) is 9.98 Å². The fourth-order valence-corrected chi connectivity index (χ4v) is 3.61. The molecule has 0 radical (unpaired) electrons. The van der Waals surface area contributed by atoms with Crippen molar-refractivity contribution in [1.82, 2.24) is 0 Å². The molecule has 1 aliphatic heterocycles. The van der Waals surface area contributed by atoms with Gasteiger partial charge < -0.3 is 0 Å². The molecule has 104 valence electrons. The summed E-state index contributed by atoms with van der Waals surface area (Å²) in [5.74, 6) is 0. The van der Waals surface area contributed by atoms with E-state index in [1.54, 1.807) is 11.8 Å². The zero-order valence-electron chi connectivity index (χ0n) is 11.3. The largest absolute Gasteiger partial charge is 0.267 e. The van der Waals surface area contributed by atoms with E-state index in [2.05, 4.69) is 28.8 Å². The first-order valence-corrected chi connectivity index (χ1v) is 7.84. The Morgan fingerprint density at radius 2 is 1.76 bits per heavy atom. The Hall–Kier alpha value is -1.84. The third kappa shape index (κ3) is 2.67. The molecule has 0 saturated carbocycles. The van der Waals surface area contributed by atoms with Crippen molar-refractivity contribution in [3.05, 3.63) is 70.6 Å². The SMILES string of the molecule is C=N/C(=C1/Sc2ccccc2/C1=N/CCl)c1ccccc1. The third-order valence-corrected chi connectivity index (χ3v) is 4.49. The molecule has 4 heteroatoms. The van der Waals surface area contributed by atoms with Gasteiger partial charge in [-0.25, -0.2) is 0 Å². The first kappa shape index (κ1) is 14.1. The molecule has 0 unspecified atom stereocenters. The van der Waals surface area contributed by atoms with Gasteiger partial charge in [0.25, 0.3) is 0 Å². The van der Waals surface area contributed by atoms with Crippen LogP contribution in [0.3, 0.4) is 0 Å². The van der Waals surface area contributed by atoms with Crippen molar-refractivity contribution in [3.8, 4) is 0 Å². The summed E-state index contributed by atoms with van der Waals surface area (Å²) in [5, 5.41) is 0. The summed E-state index contributed by atoms with van der Waals surface area (Å²) >= 11 is 7.51. The first-order valence-electron chi connectivity index (χ1n) is 6.49. The van der Waals surface area contributed by atoms with Crippen LogP contribution in [0.25, 0.3) is 5.70 Å². The van der Waals surface area contributed by atoms with E-state index in [1.807, 2.05) is 42.5 Å². The van der Waals surface area contributed by atoms with Crippen molar-refractivity contribution < 1.29 is 0 Å². The quantitative estimate of drug-likeness (QED) is 0.452. The summed E-state index contributed by atoms with van der Waals surface area (Å²) in [6.07, 6.45) is 0. The molecule has 0 saturated heterocycles. The number of alkyl halides is 1. The van der Waals surface area contributed by atoms with Gasteiger partial charge >= 0.3 is 0 Å². The average molecular weight is 313 g/mol. The Morgan fingerprint density at radius 3 is 2.48 bits per heavy atom. The second-order valence-corrected chi connectivity index (χ2v) is 5.72. The van der Waals surface area contributed by atoms with Crippen LogP contribution in [0.2, 0.25) is 0 Å². The standard InChI is InChI=1S/C17H13ClN2S/c1-19-15(12-7-3-2-4-8-12)17-16(20-11-18)13-9-5-6-10-14(13)21-17/h2-10H,1,11H2/b17-15+,20-16-. The molecule has 0 N–H and O–H groups in total. The molecule has 21 heavy (non-hydrogen) atoms. The average Bonchev–Trinajstić information content (AvgIpc) is 2.89. The Balaban J connectivity index is 2.20. The number of fused-ring (bicyclic) bond motifs is 1. The lowest BCUT2D eigenvalue weighted by molar-refractivity contribution is 1.34. The lowest BCUT2D eigenvalue weighted by Crippen LogP contribution is -2.00. The molecular weight excluding hydrogens is 300 g/mol. The van der Waals surface area contributed by atoms with Crippen LogP contribution in [0.4, 0.5) is 0 Å². The summed E-state index contributed by atoms with van der Waals surface area (Å²) in [6, 6.07) is 18.4. The lowest BCUT2D eigenvalue weighted by Gasteiger charge is -2.07. The summed E-state index contributed by atoms with van der Waals surface area (Å²) in [6.45, 7) is 3.73. The zero-order chi connectivity index (χ0) is 14.7. The highest BCUT2D eigenvalue weighted by molar-refractivity contribution is 8.05. The summed E-state index contributed by atoms with van der Waals surface area (Å²) < 4.78 is 0. The van der Waals surface area contributed by atoms with Crippen LogP contribution in [-0.2, 0) is 0 Å². The topological polar surface area (TPSA) is 24.7 Å². The molecule has 2 aromatic carbocycles. The fourth-order valence-electron chi connectivity index (χ4n) is 2.30. The smallest absolute Gasteiger partial charge is 0.114 e. The molecular formula is C17H13ClN2S. The molecule has 0 bridgehead atoms. The van der Waals surface area contributed by atoms with Gasteiger partial charge in [0.2, 0.25) is 0 Å². The van der Waals surface area contributed by atoms with Gasteiger partial charge in [0.1, 0.15) is 6.00 Å². The van der Waals surface area contributed by atoms with Crippen molar-refractivity contribution >= 4 is 41.5 Å². The Morgan fingerprint density at radius 1 is 1.05 bits per heavy atom. The molecule has 1 heterocycles. The van der Waals surface area contributed by atoms with E-state index < -0.39 is 0 Å². The Bertz CT molecular complexity index is 735. The van der Waals surface area contributed by atoms with E-state index in [0.29, 0.717) is 0 Å². The van der Waals surface area contributed by atoms with Crippen LogP contribution < -0.4 is 0 Å². The zero-order valence-corrected chi connectivity index (χ0v) is 12.9. The van der Waals surface area contributed by atoms with Crippen molar-refractivity contribution in [2.45, 2.75) is 4.90 Å². The number of aliphatic imine (C=N–C) groups is 2. The molecule has 0 atom stereocenters. The van der Waals surface area contributed by atoms with Gasteiger partial charge in [-0.15, -0.1) is 11.6 Å². The number of rotatable bonds is 3. The molecule has 0 aromatic heterocycles. The van der Waals surface area contributed by atoms with Crippen LogP contribution in [0, 0.1) is 0 Å². The van der Waals surface area contributed by atoms with Crippen LogP contribution in [0.1, 0.15) is 11.1 Å². The molecule has 2 nitrogen and oxygen atoms in total. The number of thioether (sulfide) groups is 1. The van der Waals surface area contributed by atoms with E-state index in [-0.39, 0.29) is 6.00 Å². The Kier molecular flexibility index (Phi) is 4.23. The van der Waals surface area contributed by atoms with Gasteiger partial charge in [0, 0.05) is 16.0 Å². The predicted octanol–water partition coefficient (Wildman–Crippen LogP) is 4.85. The highest BCUT2D eigenvalue weighted by Crippen LogP contribution is 2.44. The minimum absolute atomic E-state index is 0.229. The van der Waals surface area contributed by atoms with Gasteiger partial charge in [-0.1, -0.05) is 60.3 Å². The van der Waals surface area contributed by atoms with Crippen LogP contribution in [0.15, 0.2) is 74.4 Å². The number of hydrogen-bond donors (Lipinski definition) is 0. The maximum Gasteiger partial charge on any atom is 0.114 e. The lowest BCUT2D eigenvalue weighted by atomic mass is 10.1. The van der Waals surface area contributed by atoms with Crippen molar-refractivity contribution in [1.29, 1.82) is 0 Å². The predicted molar refractivity (Wildman–Crippen MR) is 92.5 cm³/mol.